The van der Waals surface area contributed by atoms with Crippen molar-refractivity contribution in [3.8, 4) is 10.6 Å². The molecule has 0 unspecified atom stereocenters. The van der Waals surface area contributed by atoms with Crippen molar-refractivity contribution in [2.75, 3.05) is 10.6 Å². The van der Waals surface area contributed by atoms with Crippen LogP contribution in [0, 0.1) is 17.0 Å². The van der Waals surface area contributed by atoms with E-state index in [1.807, 2.05) is 13.0 Å². The highest BCUT2D eigenvalue weighted by atomic mass is 32.1. The third-order valence-corrected chi connectivity index (χ3v) is 5.56. The summed E-state index contributed by atoms with van der Waals surface area (Å²) < 4.78 is 0. The Morgan fingerprint density at radius 1 is 0.909 bits per heavy atom. The van der Waals surface area contributed by atoms with E-state index in [0.717, 1.165) is 16.9 Å². The average Bonchev–Trinajstić information content (AvgIpc) is 3.28. The van der Waals surface area contributed by atoms with Gasteiger partial charge in [-0.25, -0.2) is 0 Å². The maximum absolute atomic E-state index is 12.9. The molecule has 3 aromatic carbocycles. The molecular formula is C23H17N5O4S. The van der Waals surface area contributed by atoms with E-state index in [4.69, 9.17) is 0 Å². The van der Waals surface area contributed by atoms with E-state index in [2.05, 4.69) is 20.8 Å². The predicted octanol–water partition coefficient (Wildman–Crippen LogP) is 4.93. The number of anilines is 2. The van der Waals surface area contributed by atoms with Crippen LogP contribution in [0.4, 0.5) is 16.5 Å². The minimum absolute atomic E-state index is 0.0268. The average molecular weight is 459 g/mol. The molecule has 1 aromatic heterocycles. The van der Waals surface area contributed by atoms with Gasteiger partial charge in [0.2, 0.25) is 5.13 Å². The van der Waals surface area contributed by atoms with Gasteiger partial charge in [0, 0.05) is 23.3 Å². The second kappa shape index (κ2) is 9.37. The smallest absolute Gasteiger partial charge is 0.269 e. The maximum Gasteiger partial charge on any atom is 0.269 e. The van der Waals surface area contributed by atoms with Crippen molar-refractivity contribution in [1.82, 2.24) is 10.2 Å². The lowest BCUT2D eigenvalue weighted by atomic mass is 10.1. The number of para-hydroxylation sites is 1. The molecule has 1 heterocycles. The molecule has 164 valence electrons. The molecule has 0 bridgehead atoms. The molecule has 33 heavy (non-hydrogen) atoms. The molecule has 0 aliphatic carbocycles. The molecule has 0 radical (unpaired) electrons. The number of carbonyl (C=O) groups is 2. The molecule has 10 heteroatoms. The van der Waals surface area contributed by atoms with Gasteiger partial charge in [0.15, 0.2) is 0 Å². The first kappa shape index (κ1) is 21.8. The Morgan fingerprint density at radius 2 is 1.67 bits per heavy atom. The fourth-order valence-electron chi connectivity index (χ4n) is 3.05. The summed E-state index contributed by atoms with van der Waals surface area (Å²) >= 11 is 1.13. The minimum Gasteiger partial charge on any atom is -0.321 e. The summed E-state index contributed by atoms with van der Waals surface area (Å²) in [5, 5.41) is 25.0. The lowest BCUT2D eigenvalue weighted by Gasteiger charge is -2.10. The van der Waals surface area contributed by atoms with Crippen LogP contribution in [-0.2, 0) is 0 Å². The van der Waals surface area contributed by atoms with Gasteiger partial charge in [-0.15, -0.1) is 10.2 Å². The van der Waals surface area contributed by atoms with Gasteiger partial charge >= 0.3 is 0 Å². The van der Waals surface area contributed by atoms with Crippen molar-refractivity contribution >= 4 is 39.7 Å². The first-order chi connectivity index (χ1) is 15.9. The number of hydrogen-bond donors (Lipinski definition) is 2. The number of aryl methyl sites for hydroxylation is 1. The third kappa shape index (κ3) is 5.08. The highest BCUT2D eigenvalue weighted by Gasteiger charge is 2.17. The van der Waals surface area contributed by atoms with Gasteiger partial charge in [-0.05, 0) is 43.3 Å². The van der Waals surface area contributed by atoms with Crippen molar-refractivity contribution in [1.29, 1.82) is 0 Å². The molecule has 0 atom stereocenters. The standard InChI is InChI=1S/C23H17N5O4S/c1-14-5-4-6-16(13-14)20(29)24-19-8-3-2-7-18(19)21(30)25-23-27-26-22(33-23)15-9-11-17(12-10-15)28(31)32/h2-13H,1H3,(H,24,29)(H,25,27,30). The first-order valence-electron chi connectivity index (χ1n) is 9.77. The minimum atomic E-state index is -0.481. The molecule has 2 N–H and O–H groups in total. The van der Waals surface area contributed by atoms with Crippen molar-refractivity contribution in [2.45, 2.75) is 6.92 Å². The van der Waals surface area contributed by atoms with E-state index in [1.165, 1.54) is 12.1 Å². The summed E-state index contributed by atoms with van der Waals surface area (Å²) in [6.07, 6.45) is 0. The van der Waals surface area contributed by atoms with Crippen molar-refractivity contribution in [3.05, 3.63) is 99.6 Å². The van der Waals surface area contributed by atoms with Crippen LogP contribution in [0.5, 0.6) is 0 Å². The Hall–Kier alpha value is -4.44. The number of hydrogen-bond acceptors (Lipinski definition) is 7. The lowest BCUT2D eigenvalue weighted by molar-refractivity contribution is -0.384. The SMILES string of the molecule is Cc1cccc(C(=O)Nc2ccccc2C(=O)Nc2nnc(-c3ccc([N+](=O)[O-])cc3)s2)c1. The van der Waals surface area contributed by atoms with E-state index in [1.54, 1.807) is 54.6 Å². The number of nitrogens with zero attached hydrogens (tertiary/aromatic N) is 3. The van der Waals surface area contributed by atoms with Crippen LogP contribution in [0.2, 0.25) is 0 Å². The predicted molar refractivity (Wildman–Crippen MR) is 126 cm³/mol. The number of nitro benzene ring substituents is 1. The second-order valence-electron chi connectivity index (χ2n) is 7.04. The number of amides is 2. The van der Waals surface area contributed by atoms with Gasteiger partial charge in [-0.2, -0.15) is 0 Å². The van der Waals surface area contributed by atoms with Gasteiger partial charge in [0.05, 0.1) is 16.2 Å². The number of carbonyl (C=O) groups excluding carboxylic acids is 2. The number of benzene rings is 3. The Balaban J connectivity index is 1.49. The Morgan fingerprint density at radius 3 is 2.39 bits per heavy atom. The van der Waals surface area contributed by atoms with Gasteiger partial charge < -0.3 is 5.32 Å². The zero-order valence-corrected chi connectivity index (χ0v) is 18.1. The first-order valence-corrected chi connectivity index (χ1v) is 10.6. The van der Waals surface area contributed by atoms with Crippen LogP contribution in [0.1, 0.15) is 26.3 Å². The molecule has 0 aliphatic rings. The Bertz CT molecular complexity index is 1350. The fraction of sp³-hybridized carbons (Fsp3) is 0.0435. The van der Waals surface area contributed by atoms with Crippen molar-refractivity contribution in [2.24, 2.45) is 0 Å². The highest BCUT2D eigenvalue weighted by Crippen LogP contribution is 2.28. The van der Waals surface area contributed by atoms with E-state index < -0.39 is 10.8 Å². The summed E-state index contributed by atoms with van der Waals surface area (Å²) in [6, 6.07) is 19.7. The summed E-state index contributed by atoms with van der Waals surface area (Å²) in [6.45, 7) is 1.89. The van der Waals surface area contributed by atoms with Crippen molar-refractivity contribution < 1.29 is 14.5 Å². The van der Waals surface area contributed by atoms with E-state index in [9.17, 15) is 19.7 Å². The lowest BCUT2D eigenvalue weighted by Crippen LogP contribution is -2.18. The van der Waals surface area contributed by atoms with Crippen LogP contribution < -0.4 is 10.6 Å². The molecule has 4 aromatic rings. The molecule has 0 saturated heterocycles. The van der Waals surface area contributed by atoms with E-state index >= 15 is 0 Å². The summed E-state index contributed by atoms with van der Waals surface area (Å²) in [5.41, 5.74) is 2.69. The molecule has 0 saturated carbocycles. The summed E-state index contributed by atoms with van der Waals surface area (Å²) in [7, 11) is 0. The summed E-state index contributed by atoms with van der Waals surface area (Å²) in [4.78, 5) is 35.8. The number of nitrogens with one attached hydrogen (secondary N) is 2. The molecule has 4 rings (SSSR count). The fourth-order valence-corrected chi connectivity index (χ4v) is 3.80. The van der Waals surface area contributed by atoms with Gasteiger partial charge in [0.25, 0.3) is 17.5 Å². The van der Waals surface area contributed by atoms with E-state index in [0.29, 0.717) is 21.8 Å². The van der Waals surface area contributed by atoms with Crippen molar-refractivity contribution in [3.63, 3.8) is 0 Å². The molecule has 0 spiro atoms. The molecule has 9 nitrogen and oxygen atoms in total. The third-order valence-electron chi connectivity index (χ3n) is 4.67. The molecule has 0 fully saturated rings. The quantitative estimate of drug-likeness (QED) is 0.311. The van der Waals surface area contributed by atoms with Gasteiger partial charge in [0.1, 0.15) is 5.01 Å². The van der Waals surface area contributed by atoms with Crippen LogP contribution in [0.15, 0.2) is 72.8 Å². The zero-order chi connectivity index (χ0) is 23.4. The van der Waals surface area contributed by atoms with Gasteiger partial charge in [-0.1, -0.05) is 41.2 Å². The van der Waals surface area contributed by atoms with Crippen LogP contribution in [0.25, 0.3) is 10.6 Å². The maximum atomic E-state index is 12.9. The normalized spacial score (nSPS) is 10.5. The molecule has 0 aliphatic heterocycles. The van der Waals surface area contributed by atoms with Gasteiger partial charge in [-0.3, -0.25) is 25.0 Å². The highest BCUT2D eigenvalue weighted by molar-refractivity contribution is 7.18. The van der Waals surface area contributed by atoms with E-state index in [-0.39, 0.29) is 22.3 Å². The Kier molecular flexibility index (Phi) is 6.18. The Labute approximate surface area is 192 Å². The van der Waals surface area contributed by atoms with Crippen LogP contribution in [-0.4, -0.2) is 26.9 Å². The molecule has 2 amide bonds. The molecular weight excluding hydrogens is 442 g/mol. The topological polar surface area (TPSA) is 127 Å². The monoisotopic (exact) mass is 459 g/mol. The largest absolute Gasteiger partial charge is 0.321 e. The summed E-state index contributed by atoms with van der Waals surface area (Å²) in [5.74, 6) is -0.781. The second-order valence-corrected chi connectivity index (χ2v) is 8.02. The number of nitro groups is 1. The van der Waals surface area contributed by atoms with Crippen LogP contribution >= 0.6 is 11.3 Å². The number of rotatable bonds is 6. The number of aromatic nitrogens is 2. The van der Waals surface area contributed by atoms with Crippen LogP contribution in [0.3, 0.4) is 0 Å². The zero-order valence-electron chi connectivity index (χ0n) is 17.3. The number of non-ortho nitro benzene ring substituents is 1.